The van der Waals surface area contributed by atoms with Crippen LogP contribution in [0.4, 0.5) is 0 Å². The van der Waals surface area contributed by atoms with E-state index in [0.717, 1.165) is 44.5 Å². The molecule has 282 valence electrons. The second kappa shape index (κ2) is 19.7. The molecule has 0 radical (unpaired) electrons. The van der Waals surface area contributed by atoms with Crippen molar-refractivity contribution in [1.82, 2.24) is 4.72 Å². The molecule has 0 aromatic heterocycles. The molecule has 0 bridgehead atoms. The van der Waals surface area contributed by atoms with Crippen LogP contribution in [0.15, 0.2) is 32.9 Å². The average Bonchev–Trinajstić information content (AvgIpc) is 2.87. The summed E-state index contributed by atoms with van der Waals surface area (Å²) in [6, 6.07) is 5.51. The number of halogens is 3. The second-order valence-electron chi connectivity index (χ2n) is 11.9. The SMILES string of the molecule is CC(=O)Cl.CC(=O)NS(=O)(=O)c1c(C)cc(C)c(C)c1C.Cc1cc(C)c(S(=O)(=O)Cl)c(C)c1C.Cc1cc(C)c(S(N)(=O)=O)c(C)c1C.I. The fourth-order valence-corrected chi connectivity index (χ4v) is 9.53. The first-order chi connectivity index (χ1) is 21.9. The summed E-state index contributed by atoms with van der Waals surface area (Å²) < 4.78 is 71.3. The Kier molecular flexibility index (Phi) is 19.7. The summed E-state index contributed by atoms with van der Waals surface area (Å²) in [5.74, 6) is -0.581. The van der Waals surface area contributed by atoms with Gasteiger partial charge < -0.3 is 0 Å². The van der Waals surface area contributed by atoms with Gasteiger partial charge in [0.25, 0.3) is 19.1 Å². The first kappa shape index (κ1) is 50.0. The maximum absolute atomic E-state index is 12.0. The Hall–Kier alpha value is -2.08. The quantitative estimate of drug-likeness (QED) is 0.199. The number of aryl methyl sites for hydroxylation is 6. The van der Waals surface area contributed by atoms with Crippen molar-refractivity contribution in [3.8, 4) is 0 Å². The molecule has 3 rings (SSSR count). The first-order valence-electron chi connectivity index (χ1n) is 14.8. The molecule has 50 heavy (non-hydrogen) atoms. The number of carbonyl (C=O) groups excluding carboxylic acids is 2. The van der Waals surface area contributed by atoms with Crippen molar-refractivity contribution in [2.45, 2.75) is 112 Å². The lowest BCUT2D eigenvalue weighted by Gasteiger charge is -2.15. The number of sulfonamides is 2. The summed E-state index contributed by atoms with van der Waals surface area (Å²) in [6.45, 7) is 24.6. The number of amides is 1. The normalized spacial score (nSPS) is 11.0. The predicted molar refractivity (Wildman–Crippen MR) is 214 cm³/mol. The Morgan fingerprint density at radius 2 is 0.800 bits per heavy atom. The van der Waals surface area contributed by atoms with Crippen LogP contribution in [0.25, 0.3) is 0 Å². The van der Waals surface area contributed by atoms with E-state index >= 15 is 0 Å². The van der Waals surface area contributed by atoms with E-state index in [4.69, 9.17) is 15.8 Å². The van der Waals surface area contributed by atoms with Crippen LogP contribution >= 0.6 is 46.3 Å². The number of rotatable bonds is 4. The third-order valence-electron chi connectivity index (χ3n) is 7.93. The minimum absolute atomic E-state index is 0. The van der Waals surface area contributed by atoms with Gasteiger partial charge in [-0.25, -0.2) is 35.1 Å². The van der Waals surface area contributed by atoms with E-state index in [1.54, 1.807) is 41.5 Å². The molecule has 0 aliphatic heterocycles. The molecular formula is C34H49Cl2IN2O8S3. The molecule has 0 fully saturated rings. The average molecular weight is 908 g/mol. The molecule has 3 aromatic rings. The number of hydrogen-bond donors (Lipinski definition) is 2. The van der Waals surface area contributed by atoms with E-state index in [0.29, 0.717) is 22.3 Å². The van der Waals surface area contributed by atoms with Gasteiger partial charge in [-0.3, -0.25) is 9.59 Å². The topological polar surface area (TPSA) is 175 Å². The summed E-state index contributed by atoms with van der Waals surface area (Å²) in [7, 11) is -5.63. The van der Waals surface area contributed by atoms with Gasteiger partial charge in [-0.2, -0.15) is 0 Å². The van der Waals surface area contributed by atoms with E-state index in [9.17, 15) is 34.8 Å². The summed E-state index contributed by atoms with van der Waals surface area (Å²) in [5, 5.41) is 4.79. The number of primary sulfonamides is 1. The van der Waals surface area contributed by atoms with Gasteiger partial charge >= 0.3 is 0 Å². The van der Waals surface area contributed by atoms with Gasteiger partial charge in [-0.15, -0.1) is 24.0 Å². The molecule has 1 amide bonds. The molecule has 0 saturated heterocycles. The molecule has 0 aliphatic rings. The van der Waals surface area contributed by atoms with Crippen molar-refractivity contribution in [1.29, 1.82) is 0 Å². The molecule has 0 saturated carbocycles. The Balaban J connectivity index is 0. The molecule has 16 heteroatoms. The lowest BCUT2D eigenvalue weighted by Crippen LogP contribution is -2.29. The van der Waals surface area contributed by atoms with E-state index in [1.807, 2.05) is 64.5 Å². The molecule has 3 N–H and O–H groups in total. The molecule has 0 unspecified atom stereocenters. The minimum atomic E-state index is -3.76. The highest BCUT2D eigenvalue weighted by atomic mass is 127. The van der Waals surface area contributed by atoms with Crippen molar-refractivity contribution >= 4 is 86.5 Å². The van der Waals surface area contributed by atoms with Gasteiger partial charge in [-0.05, 0) is 161 Å². The first-order valence-corrected chi connectivity index (χ1v) is 20.5. The van der Waals surface area contributed by atoms with Crippen LogP contribution in [0.3, 0.4) is 0 Å². The Labute approximate surface area is 325 Å². The summed E-state index contributed by atoms with van der Waals surface area (Å²) in [6.07, 6.45) is 0. The molecular weight excluding hydrogens is 858 g/mol. The zero-order chi connectivity index (χ0) is 39.1. The van der Waals surface area contributed by atoms with Crippen LogP contribution in [-0.4, -0.2) is 36.4 Å². The monoisotopic (exact) mass is 906 g/mol. The van der Waals surface area contributed by atoms with E-state index in [2.05, 4.69) is 11.6 Å². The van der Waals surface area contributed by atoms with E-state index < -0.39 is 35.0 Å². The van der Waals surface area contributed by atoms with E-state index in [-0.39, 0.29) is 43.9 Å². The number of benzene rings is 3. The zero-order valence-electron chi connectivity index (χ0n) is 31.0. The summed E-state index contributed by atoms with van der Waals surface area (Å²) >= 11 is 4.64. The van der Waals surface area contributed by atoms with E-state index in [1.165, 1.54) is 13.8 Å². The van der Waals surface area contributed by atoms with Crippen LogP contribution < -0.4 is 9.86 Å². The number of hydrogen-bond acceptors (Lipinski definition) is 8. The van der Waals surface area contributed by atoms with Crippen LogP contribution in [0, 0.1) is 83.1 Å². The Bertz CT molecular complexity index is 2000. The third kappa shape index (κ3) is 14.2. The number of nitrogens with two attached hydrogens (primary N) is 1. The van der Waals surface area contributed by atoms with Crippen LogP contribution in [-0.2, 0) is 38.7 Å². The van der Waals surface area contributed by atoms with Crippen molar-refractivity contribution in [3.05, 3.63) is 85.0 Å². The molecule has 0 atom stereocenters. The molecule has 0 aliphatic carbocycles. The highest BCUT2D eigenvalue weighted by Crippen LogP contribution is 2.28. The lowest BCUT2D eigenvalue weighted by atomic mass is 10.0. The largest absolute Gasteiger partial charge is 0.282 e. The lowest BCUT2D eigenvalue weighted by molar-refractivity contribution is -0.117. The molecule has 10 nitrogen and oxygen atoms in total. The van der Waals surface area contributed by atoms with Gasteiger partial charge in [0, 0.05) is 24.5 Å². The van der Waals surface area contributed by atoms with Crippen molar-refractivity contribution in [3.63, 3.8) is 0 Å². The van der Waals surface area contributed by atoms with Gasteiger partial charge in [0.15, 0.2) is 0 Å². The van der Waals surface area contributed by atoms with Crippen LogP contribution in [0.5, 0.6) is 0 Å². The molecule has 0 heterocycles. The van der Waals surface area contributed by atoms with Gasteiger partial charge in [0.1, 0.15) is 0 Å². The van der Waals surface area contributed by atoms with Crippen LogP contribution in [0.1, 0.15) is 80.6 Å². The van der Waals surface area contributed by atoms with Gasteiger partial charge in [-0.1, -0.05) is 18.2 Å². The summed E-state index contributed by atoms with van der Waals surface area (Å²) in [5.41, 5.74) is 10.4. The highest BCUT2D eigenvalue weighted by molar-refractivity contribution is 14.0. The fourth-order valence-electron chi connectivity index (χ4n) is 5.25. The zero-order valence-corrected chi connectivity index (χ0v) is 37.3. The minimum Gasteiger partial charge on any atom is -0.282 e. The maximum Gasteiger partial charge on any atom is 0.264 e. The van der Waals surface area contributed by atoms with Crippen molar-refractivity contribution in [2.75, 3.05) is 0 Å². The van der Waals surface area contributed by atoms with Crippen molar-refractivity contribution in [2.24, 2.45) is 5.14 Å². The van der Waals surface area contributed by atoms with Gasteiger partial charge in [0.05, 0.1) is 14.7 Å². The Morgan fingerprint density at radius 3 is 1.08 bits per heavy atom. The molecule has 0 spiro atoms. The Morgan fingerprint density at radius 1 is 0.540 bits per heavy atom. The van der Waals surface area contributed by atoms with Crippen molar-refractivity contribution < 1.29 is 34.8 Å². The van der Waals surface area contributed by atoms with Gasteiger partial charge in [0.2, 0.25) is 21.2 Å². The number of nitrogens with one attached hydrogen (secondary N) is 1. The standard InChI is InChI=1S/C12H17NO3S.C10H13ClO2S.C10H15NO2S.C2H3ClO.HI/c1-7-6-8(2)12(10(4)9(7)3)17(15,16)13-11(5)14;2*1-6-5-7(2)10(14(11,12)13)9(4)8(6)3;1-2(3)4;/h6H,1-5H3,(H,13,14);5H,1-4H3;5H,1-4H3,(H2,11,12,13);1H3;1H. The number of carbonyl (C=O) groups is 2. The smallest absolute Gasteiger partial charge is 0.264 e. The highest BCUT2D eigenvalue weighted by Gasteiger charge is 2.23. The van der Waals surface area contributed by atoms with Crippen LogP contribution in [0.2, 0.25) is 0 Å². The fraction of sp³-hybridized carbons (Fsp3) is 0.412. The maximum atomic E-state index is 12.0. The second-order valence-corrected chi connectivity index (χ2v) is 18.0. The summed E-state index contributed by atoms with van der Waals surface area (Å²) in [4.78, 5) is 20.8. The predicted octanol–water partition coefficient (Wildman–Crippen LogP) is 7.55. The molecule has 3 aromatic carbocycles. The third-order valence-corrected chi connectivity index (χ3v) is 12.4.